The summed E-state index contributed by atoms with van der Waals surface area (Å²) in [6, 6.07) is 4.04. The second kappa shape index (κ2) is 5.50. The molecule has 3 atom stereocenters. The van der Waals surface area contributed by atoms with Crippen molar-refractivity contribution in [1.82, 2.24) is 4.90 Å². The van der Waals surface area contributed by atoms with Gasteiger partial charge < -0.3 is 14.7 Å². The van der Waals surface area contributed by atoms with E-state index in [1.807, 2.05) is 26.0 Å². The summed E-state index contributed by atoms with van der Waals surface area (Å²) in [7, 11) is 0. The highest BCUT2D eigenvalue weighted by atomic mass is 16.5. The molecule has 1 aliphatic carbocycles. The smallest absolute Gasteiger partial charge is 0.308 e. The Balaban J connectivity index is 1.56. The van der Waals surface area contributed by atoms with Crippen LogP contribution in [0.15, 0.2) is 12.1 Å². The topological polar surface area (TPSA) is 66.8 Å². The van der Waals surface area contributed by atoms with E-state index in [9.17, 15) is 14.7 Å². The lowest BCUT2D eigenvalue weighted by Crippen LogP contribution is -2.34. The summed E-state index contributed by atoms with van der Waals surface area (Å²) in [4.78, 5) is 26.3. The van der Waals surface area contributed by atoms with Crippen molar-refractivity contribution in [3.8, 4) is 5.75 Å². The van der Waals surface area contributed by atoms with Crippen LogP contribution in [0.25, 0.3) is 0 Å². The number of amides is 1. The van der Waals surface area contributed by atoms with Crippen molar-refractivity contribution in [2.75, 3.05) is 19.7 Å². The Kier molecular flexibility index (Phi) is 3.55. The van der Waals surface area contributed by atoms with Gasteiger partial charge in [0.25, 0.3) is 0 Å². The van der Waals surface area contributed by atoms with Crippen molar-refractivity contribution in [2.45, 2.75) is 32.6 Å². The number of carboxylic acids is 1. The second-order valence-electron chi connectivity index (χ2n) is 7.53. The van der Waals surface area contributed by atoms with E-state index in [2.05, 4.69) is 0 Å². The van der Waals surface area contributed by atoms with Crippen LogP contribution in [0.1, 0.15) is 35.4 Å². The van der Waals surface area contributed by atoms with E-state index < -0.39 is 11.9 Å². The summed E-state index contributed by atoms with van der Waals surface area (Å²) >= 11 is 0. The predicted octanol–water partition coefficient (Wildman–Crippen LogP) is 2.35. The van der Waals surface area contributed by atoms with Gasteiger partial charge in [-0.05, 0) is 55.7 Å². The summed E-state index contributed by atoms with van der Waals surface area (Å²) in [5.74, 6) is -0.0593. The minimum atomic E-state index is -0.767. The molecule has 1 unspecified atom stereocenters. The van der Waals surface area contributed by atoms with Gasteiger partial charge in [-0.15, -0.1) is 0 Å². The number of benzene rings is 1. The minimum absolute atomic E-state index is 0.0198. The molecule has 0 bridgehead atoms. The third-order valence-electron chi connectivity index (χ3n) is 5.93. The minimum Gasteiger partial charge on any atom is -0.492 e. The van der Waals surface area contributed by atoms with E-state index in [1.54, 1.807) is 4.90 Å². The number of carbonyl (C=O) groups excluding carboxylic acids is 1. The Morgan fingerprint density at radius 1 is 1.17 bits per heavy atom. The SMILES string of the molecule is Cc1cc2c(cc1C)C(C(=O)N1C[C@H](C(=O)O)[C@@H](C3CC3)C1)CO2. The van der Waals surface area contributed by atoms with E-state index in [1.165, 1.54) is 0 Å². The molecule has 1 N–H and O–H groups in total. The van der Waals surface area contributed by atoms with E-state index in [0.717, 1.165) is 35.3 Å². The lowest BCUT2D eigenvalue weighted by molar-refractivity contribution is -0.142. The molecular weight excluding hydrogens is 306 g/mol. The maximum atomic E-state index is 13.0. The lowest BCUT2D eigenvalue weighted by Gasteiger charge is -2.20. The average molecular weight is 329 g/mol. The highest BCUT2D eigenvalue weighted by molar-refractivity contribution is 5.87. The number of hydrogen-bond donors (Lipinski definition) is 1. The van der Waals surface area contributed by atoms with Gasteiger partial charge in [-0.3, -0.25) is 9.59 Å². The van der Waals surface area contributed by atoms with Crippen LogP contribution >= 0.6 is 0 Å². The number of likely N-dealkylation sites (tertiary alicyclic amines) is 1. The van der Waals surface area contributed by atoms with Gasteiger partial charge in [0.2, 0.25) is 5.91 Å². The first-order valence-corrected chi connectivity index (χ1v) is 8.71. The maximum absolute atomic E-state index is 13.0. The molecule has 0 radical (unpaired) electrons. The molecule has 1 aromatic rings. The largest absolute Gasteiger partial charge is 0.492 e. The quantitative estimate of drug-likeness (QED) is 0.924. The van der Waals surface area contributed by atoms with Crippen molar-refractivity contribution in [3.63, 3.8) is 0 Å². The fourth-order valence-corrected chi connectivity index (χ4v) is 4.17. The number of rotatable bonds is 3. The Bertz CT molecular complexity index is 710. The third kappa shape index (κ3) is 2.46. The molecule has 0 aromatic heterocycles. The zero-order valence-electron chi connectivity index (χ0n) is 14.1. The van der Waals surface area contributed by atoms with Crippen LogP contribution in [0.3, 0.4) is 0 Å². The van der Waals surface area contributed by atoms with Crippen molar-refractivity contribution in [2.24, 2.45) is 17.8 Å². The summed E-state index contributed by atoms with van der Waals surface area (Å²) in [6.45, 7) is 5.35. The number of carboxylic acid groups (broad SMARTS) is 1. The molecule has 24 heavy (non-hydrogen) atoms. The molecule has 3 aliphatic rings. The molecule has 1 saturated carbocycles. The van der Waals surface area contributed by atoms with Crippen molar-refractivity contribution in [3.05, 3.63) is 28.8 Å². The van der Waals surface area contributed by atoms with E-state index in [-0.39, 0.29) is 17.7 Å². The Labute approximate surface area is 141 Å². The maximum Gasteiger partial charge on any atom is 0.308 e. The molecule has 2 fully saturated rings. The fourth-order valence-electron chi connectivity index (χ4n) is 4.17. The molecule has 1 aromatic carbocycles. The number of aryl methyl sites for hydroxylation is 2. The van der Waals surface area contributed by atoms with Gasteiger partial charge in [0.15, 0.2) is 0 Å². The van der Waals surface area contributed by atoms with E-state index >= 15 is 0 Å². The van der Waals surface area contributed by atoms with Gasteiger partial charge in [-0.25, -0.2) is 0 Å². The number of ether oxygens (including phenoxy) is 1. The first-order valence-electron chi connectivity index (χ1n) is 8.71. The van der Waals surface area contributed by atoms with Crippen molar-refractivity contribution in [1.29, 1.82) is 0 Å². The summed E-state index contributed by atoms with van der Waals surface area (Å²) in [5.41, 5.74) is 3.25. The average Bonchev–Trinajstić information content (AvgIpc) is 3.16. The Hall–Kier alpha value is -2.04. The molecule has 128 valence electrons. The van der Waals surface area contributed by atoms with Crippen LogP contribution < -0.4 is 4.74 Å². The summed E-state index contributed by atoms with van der Waals surface area (Å²) < 4.78 is 5.72. The molecule has 1 saturated heterocycles. The highest BCUT2D eigenvalue weighted by Crippen LogP contribution is 2.45. The van der Waals surface area contributed by atoms with Crippen LogP contribution in [-0.4, -0.2) is 41.6 Å². The predicted molar refractivity (Wildman–Crippen MR) is 88.1 cm³/mol. The van der Waals surface area contributed by atoms with Crippen LogP contribution in [0, 0.1) is 31.6 Å². The van der Waals surface area contributed by atoms with Crippen LogP contribution in [0.2, 0.25) is 0 Å². The van der Waals surface area contributed by atoms with E-state index in [0.29, 0.717) is 25.6 Å². The molecule has 0 spiro atoms. The first-order chi connectivity index (χ1) is 11.5. The summed E-state index contributed by atoms with van der Waals surface area (Å²) in [6.07, 6.45) is 2.20. The monoisotopic (exact) mass is 329 g/mol. The molecule has 1 amide bonds. The summed E-state index contributed by atoms with van der Waals surface area (Å²) in [5, 5.41) is 9.49. The van der Waals surface area contributed by atoms with Crippen LogP contribution in [0.4, 0.5) is 0 Å². The van der Waals surface area contributed by atoms with E-state index in [4.69, 9.17) is 4.74 Å². The number of fused-ring (bicyclic) bond motifs is 1. The number of carbonyl (C=O) groups is 2. The van der Waals surface area contributed by atoms with Crippen molar-refractivity contribution < 1.29 is 19.4 Å². The van der Waals surface area contributed by atoms with Gasteiger partial charge in [0.05, 0.1) is 5.92 Å². The lowest BCUT2D eigenvalue weighted by atomic mass is 9.92. The molecule has 5 nitrogen and oxygen atoms in total. The van der Waals surface area contributed by atoms with Crippen LogP contribution in [-0.2, 0) is 9.59 Å². The van der Waals surface area contributed by atoms with Gasteiger partial charge in [-0.2, -0.15) is 0 Å². The third-order valence-corrected chi connectivity index (χ3v) is 5.93. The van der Waals surface area contributed by atoms with Crippen molar-refractivity contribution >= 4 is 11.9 Å². The standard InChI is InChI=1S/C19H23NO4/c1-10-5-13-16(9-24-17(13)6-11(10)2)18(21)20-7-14(12-3-4-12)15(8-20)19(22)23/h5-6,12,14-16H,3-4,7-9H2,1-2H3,(H,22,23)/t14-,15+,16?/m1/s1. The Morgan fingerprint density at radius 2 is 1.88 bits per heavy atom. The highest BCUT2D eigenvalue weighted by Gasteiger charge is 2.48. The number of aliphatic carboxylic acids is 1. The first kappa shape index (κ1) is 15.5. The molecule has 2 heterocycles. The zero-order valence-corrected chi connectivity index (χ0v) is 14.1. The molecule has 2 aliphatic heterocycles. The number of nitrogens with zero attached hydrogens (tertiary/aromatic N) is 1. The second-order valence-corrected chi connectivity index (χ2v) is 7.53. The fraction of sp³-hybridized carbons (Fsp3) is 0.579. The van der Waals surface area contributed by atoms with Gasteiger partial charge >= 0.3 is 5.97 Å². The van der Waals surface area contributed by atoms with Crippen LogP contribution in [0.5, 0.6) is 5.75 Å². The zero-order chi connectivity index (χ0) is 17.0. The molecule has 4 rings (SSSR count). The normalized spacial score (nSPS) is 28.6. The molecule has 5 heteroatoms. The van der Waals surface area contributed by atoms with Gasteiger partial charge in [0.1, 0.15) is 18.3 Å². The number of hydrogen-bond acceptors (Lipinski definition) is 3. The molecular formula is C19H23NO4. The Morgan fingerprint density at radius 3 is 2.54 bits per heavy atom. The van der Waals surface area contributed by atoms with Gasteiger partial charge in [-0.1, -0.05) is 6.07 Å². The van der Waals surface area contributed by atoms with Gasteiger partial charge in [0, 0.05) is 18.7 Å².